The summed E-state index contributed by atoms with van der Waals surface area (Å²) in [5.74, 6) is 1.27. The van der Waals surface area contributed by atoms with Gasteiger partial charge in [0.25, 0.3) is 0 Å². The molecule has 0 saturated carbocycles. The number of thiocarbonyl (C=S) groups is 1. The third kappa shape index (κ3) is 4.10. The Bertz CT molecular complexity index is 726. The third-order valence-corrected chi connectivity index (χ3v) is 6.57. The Labute approximate surface area is 172 Å². The van der Waals surface area contributed by atoms with Crippen LogP contribution in [-0.2, 0) is 11.3 Å². The molecule has 6 heteroatoms. The van der Waals surface area contributed by atoms with E-state index in [2.05, 4.69) is 38.0 Å². The van der Waals surface area contributed by atoms with Crippen LogP contribution in [0.25, 0.3) is 0 Å². The molecule has 3 rings (SSSR count). The van der Waals surface area contributed by atoms with Gasteiger partial charge >= 0.3 is 0 Å². The molecule has 0 aromatic heterocycles. The van der Waals surface area contributed by atoms with Gasteiger partial charge in [-0.15, -0.1) is 6.58 Å². The lowest BCUT2D eigenvalue weighted by Crippen LogP contribution is -2.41. The number of ether oxygens (including phenoxy) is 2. The Balaban J connectivity index is 1.73. The van der Waals surface area contributed by atoms with E-state index >= 15 is 0 Å². The number of rotatable bonds is 7. The molecule has 0 spiro atoms. The van der Waals surface area contributed by atoms with Crippen LogP contribution < -0.4 is 15.4 Å². The molecule has 2 bridgehead atoms. The monoisotopic (exact) mass is 408 g/mol. The first-order valence-electron chi connectivity index (χ1n) is 9.56. The fourth-order valence-corrected chi connectivity index (χ4v) is 4.49. The number of benzene rings is 1. The van der Waals surface area contributed by atoms with Crippen LogP contribution >= 0.6 is 23.8 Å². The van der Waals surface area contributed by atoms with E-state index in [0.29, 0.717) is 29.1 Å². The standard InChI is InChI=1S/C21H29ClN2O2S/c1-5-11-23-19(27)24-13-15-16(22)7-6-8-17(15)25-18-12-21(14(2)3)10-9-20(18,4)26-21/h5-8,14,18H,1,9-13H2,2-4H3,(H2,23,24,27)/t18-,20+,21+/m0/s1. The first kappa shape index (κ1) is 20.4. The van der Waals surface area contributed by atoms with Crippen molar-refractivity contribution in [2.75, 3.05) is 6.54 Å². The van der Waals surface area contributed by atoms with Crippen molar-refractivity contribution in [3.8, 4) is 5.75 Å². The molecule has 2 heterocycles. The van der Waals surface area contributed by atoms with Crippen LogP contribution in [-0.4, -0.2) is 29.0 Å². The molecule has 3 atom stereocenters. The van der Waals surface area contributed by atoms with Gasteiger partial charge in [0.05, 0.1) is 5.60 Å². The van der Waals surface area contributed by atoms with E-state index in [0.717, 1.165) is 30.6 Å². The van der Waals surface area contributed by atoms with Crippen LogP contribution in [0, 0.1) is 5.92 Å². The highest BCUT2D eigenvalue weighted by Crippen LogP contribution is 2.55. The molecule has 0 unspecified atom stereocenters. The van der Waals surface area contributed by atoms with Gasteiger partial charge in [-0.3, -0.25) is 0 Å². The molecule has 148 valence electrons. The molecule has 2 aliphatic rings. The van der Waals surface area contributed by atoms with Crippen molar-refractivity contribution in [2.45, 2.75) is 63.9 Å². The minimum absolute atomic E-state index is 0.0247. The van der Waals surface area contributed by atoms with Gasteiger partial charge in [0.2, 0.25) is 0 Å². The largest absolute Gasteiger partial charge is 0.487 e. The second kappa shape index (κ2) is 7.98. The number of hydrogen-bond donors (Lipinski definition) is 2. The molecule has 2 N–H and O–H groups in total. The van der Waals surface area contributed by atoms with Gasteiger partial charge in [-0.2, -0.15) is 0 Å². The zero-order valence-electron chi connectivity index (χ0n) is 16.3. The molecule has 2 fully saturated rings. The van der Waals surface area contributed by atoms with Crippen LogP contribution in [0.5, 0.6) is 5.75 Å². The molecular formula is C21H29ClN2O2S. The first-order chi connectivity index (χ1) is 12.8. The molecular weight excluding hydrogens is 380 g/mol. The molecule has 0 amide bonds. The molecule has 2 saturated heterocycles. The summed E-state index contributed by atoms with van der Waals surface area (Å²) in [5.41, 5.74) is 0.608. The molecule has 0 aliphatic carbocycles. The number of hydrogen-bond acceptors (Lipinski definition) is 3. The molecule has 2 aliphatic heterocycles. The lowest BCUT2D eigenvalue weighted by atomic mass is 9.75. The second-order valence-electron chi connectivity index (χ2n) is 8.01. The molecule has 0 radical (unpaired) electrons. The summed E-state index contributed by atoms with van der Waals surface area (Å²) < 4.78 is 13.0. The van der Waals surface area contributed by atoms with E-state index in [9.17, 15) is 0 Å². The zero-order valence-corrected chi connectivity index (χ0v) is 17.9. The topological polar surface area (TPSA) is 42.5 Å². The Morgan fingerprint density at radius 1 is 1.44 bits per heavy atom. The molecule has 27 heavy (non-hydrogen) atoms. The van der Waals surface area contributed by atoms with Crippen LogP contribution in [0.4, 0.5) is 0 Å². The Morgan fingerprint density at radius 3 is 2.89 bits per heavy atom. The van der Waals surface area contributed by atoms with E-state index in [1.165, 1.54) is 0 Å². The highest BCUT2D eigenvalue weighted by Gasteiger charge is 2.61. The van der Waals surface area contributed by atoms with Crippen molar-refractivity contribution in [1.29, 1.82) is 0 Å². The van der Waals surface area contributed by atoms with E-state index in [1.807, 2.05) is 18.2 Å². The molecule has 1 aromatic carbocycles. The van der Waals surface area contributed by atoms with Crippen molar-refractivity contribution in [3.05, 3.63) is 41.4 Å². The maximum atomic E-state index is 6.49. The van der Waals surface area contributed by atoms with Gasteiger partial charge in [0.15, 0.2) is 5.11 Å². The van der Waals surface area contributed by atoms with Crippen LogP contribution in [0.1, 0.15) is 45.6 Å². The average molecular weight is 409 g/mol. The van der Waals surface area contributed by atoms with Gasteiger partial charge < -0.3 is 20.1 Å². The SMILES string of the molecule is C=CCNC(=S)NCc1c(Cl)cccc1O[C@H]1C[C@@]2(C(C)C)CC[C@@]1(C)O2. The normalized spacial score (nSPS) is 29.0. The highest BCUT2D eigenvalue weighted by molar-refractivity contribution is 7.80. The summed E-state index contributed by atoms with van der Waals surface area (Å²) in [6.07, 6.45) is 4.84. The van der Waals surface area contributed by atoms with Gasteiger partial charge in [-0.25, -0.2) is 0 Å². The first-order valence-corrected chi connectivity index (χ1v) is 10.3. The Hall–Kier alpha value is -1.30. The summed E-state index contributed by atoms with van der Waals surface area (Å²) in [6, 6.07) is 5.77. The van der Waals surface area contributed by atoms with Gasteiger partial charge in [-0.1, -0.05) is 37.6 Å². The molecule has 4 nitrogen and oxygen atoms in total. The van der Waals surface area contributed by atoms with E-state index in [-0.39, 0.29) is 17.3 Å². The summed E-state index contributed by atoms with van der Waals surface area (Å²) in [7, 11) is 0. The number of nitrogens with one attached hydrogen (secondary N) is 2. The second-order valence-corrected chi connectivity index (χ2v) is 8.83. The predicted octanol–water partition coefficient (Wildman–Crippen LogP) is 4.61. The fraction of sp³-hybridized carbons (Fsp3) is 0.571. The van der Waals surface area contributed by atoms with Gasteiger partial charge in [0, 0.05) is 30.1 Å². The summed E-state index contributed by atoms with van der Waals surface area (Å²) >= 11 is 11.7. The number of fused-ring (bicyclic) bond motifs is 2. The van der Waals surface area contributed by atoms with Crippen molar-refractivity contribution in [2.24, 2.45) is 5.92 Å². The fourth-order valence-electron chi connectivity index (χ4n) is 4.11. The summed E-state index contributed by atoms with van der Waals surface area (Å²) in [6.45, 7) is 11.4. The minimum atomic E-state index is -0.238. The van der Waals surface area contributed by atoms with Crippen LogP contribution in [0.2, 0.25) is 5.02 Å². The van der Waals surface area contributed by atoms with E-state index in [4.69, 9.17) is 33.3 Å². The summed E-state index contributed by atoms with van der Waals surface area (Å²) in [4.78, 5) is 0. The zero-order chi connectivity index (χ0) is 19.7. The van der Waals surface area contributed by atoms with E-state index in [1.54, 1.807) is 6.08 Å². The van der Waals surface area contributed by atoms with Crippen molar-refractivity contribution >= 4 is 28.9 Å². The Kier molecular flexibility index (Phi) is 6.04. The van der Waals surface area contributed by atoms with Gasteiger partial charge in [-0.05, 0) is 50.0 Å². The smallest absolute Gasteiger partial charge is 0.166 e. The Morgan fingerprint density at radius 2 is 2.22 bits per heavy atom. The lowest BCUT2D eigenvalue weighted by molar-refractivity contribution is -0.0770. The maximum Gasteiger partial charge on any atom is 0.166 e. The quantitative estimate of drug-likeness (QED) is 0.509. The van der Waals surface area contributed by atoms with E-state index < -0.39 is 0 Å². The van der Waals surface area contributed by atoms with Crippen molar-refractivity contribution in [3.63, 3.8) is 0 Å². The predicted molar refractivity (Wildman–Crippen MR) is 114 cm³/mol. The van der Waals surface area contributed by atoms with Gasteiger partial charge in [0.1, 0.15) is 17.5 Å². The third-order valence-electron chi connectivity index (χ3n) is 5.92. The molecule has 1 aromatic rings. The lowest BCUT2D eigenvalue weighted by Gasteiger charge is -2.32. The van der Waals surface area contributed by atoms with Crippen molar-refractivity contribution < 1.29 is 9.47 Å². The summed E-state index contributed by atoms with van der Waals surface area (Å²) in [5, 5.41) is 7.47. The minimum Gasteiger partial charge on any atom is -0.487 e. The number of halogens is 1. The average Bonchev–Trinajstić information content (AvgIpc) is 3.12. The van der Waals surface area contributed by atoms with Crippen molar-refractivity contribution in [1.82, 2.24) is 10.6 Å². The van der Waals surface area contributed by atoms with Crippen LogP contribution in [0.3, 0.4) is 0 Å². The highest BCUT2D eigenvalue weighted by atomic mass is 35.5. The van der Waals surface area contributed by atoms with Crippen LogP contribution in [0.15, 0.2) is 30.9 Å². The maximum absolute atomic E-state index is 6.49.